The van der Waals surface area contributed by atoms with Crippen molar-refractivity contribution in [2.75, 3.05) is 13.1 Å². The van der Waals surface area contributed by atoms with E-state index in [2.05, 4.69) is 28.0 Å². The van der Waals surface area contributed by atoms with E-state index in [-0.39, 0.29) is 0 Å². The number of imidazole rings is 1. The van der Waals surface area contributed by atoms with E-state index < -0.39 is 0 Å². The second-order valence-electron chi connectivity index (χ2n) is 4.76. The number of nitrogens with one attached hydrogen (secondary N) is 1. The van der Waals surface area contributed by atoms with E-state index in [1.54, 1.807) is 0 Å². The van der Waals surface area contributed by atoms with E-state index in [0.29, 0.717) is 5.92 Å². The van der Waals surface area contributed by atoms with Gasteiger partial charge in [0, 0.05) is 13.5 Å². The first-order chi connectivity index (χ1) is 8.25. The van der Waals surface area contributed by atoms with Gasteiger partial charge in [-0.25, -0.2) is 4.98 Å². The van der Waals surface area contributed by atoms with Gasteiger partial charge in [-0.15, -0.1) is 0 Å². The van der Waals surface area contributed by atoms with Crippen LogP contribution in [0.15, 0.2) is 18.2 Å². The molecule has 1 N–H and O–H groups in total. The molecule has 0 amide bonds. The summed E-state index contributed by atoms with van der Waals surface area (Å²) in [6.07, 6.45) is 2.28. The molecule has 0 spiro atoms. The number of fused-ring (bicyclic) bond motifs is 1. The number of hydrogen-bond acceptors (Lipinski definition) is 2. The van der Waals surface area contributed by atoms with Crippen LogP contribution in [0.4, 0.5) is 0 Å². The highest BCUT2D eigenvalue weighted by Crippen LogP contribution is 2.24. The lowest BCUT2D eigenvalue weighted by molar-refractivity contribution is 0.552. The van der Waals surface area contributed by atoms with Gasteiger partial charge in [0.1, 0.15) is 11.3 Å². The minimum absolute atomic E-state index is 0.712. The predicted molar refractivity (Wildman–Crippen MR) is 70.4 cm³/mol. The summed E-state index contributed by atoms with van der Waals surface area (Å²) in [7, 11) is 2.07. The van der Waals surface area contributed by atoms with Gasteiger partial charge in [0.05, 0.1) is 10.5 Å². The molecule has 1 aliphatic rings. The fourth-order valence-electron chi connectivity index (χ4n) is 2.56. The lowest BCUT2D eigenvalue weighted by atomic mass is 10.0. The molecular formula is C13H16ClN3. The number of hydrogen-bond donors (Lipinski definition) is 1. The van der Waals surface area contributed by atoms with Crippen molar-refractivity contribution in [2.24, 2.45) is 13.0 Å². The Labute approximate surface area is 106 Å². The van der Waals surface area contributed by atoms with E-state index in [9.17, 15) is 0 Å². The third-order valence-electron chi connectivity index (χ3n) is 3.59. The first-order valence-electron chi connectivity index (χ1n) is 6.06. The first-order valence-corrected chi connectivity index (χ1v) is 6.44. The van der Waals surface area contributed by atoms with Gasteiger partial charge in [0.2, 0.25) is 0 Å². The Morgan fingerprint density at radius 3 is 3.12 bits per heavy atom. The smallest absolute Gasteiger partial charge is 0.109 e. The average Bonchev–Trinajstić information content (AvgIpc) is 2.92. The van der Waals surface area contributed by atoms with Crippen molar-refractivity contribution in [3.63, 3.8) is 0 Å². The van der Waals surface area contributed by atoms with E-state index in [1.165, 1.54) is 6.42 Å². The summed E-state index contributed by atoms with van der Waals surface area (Å²) in [4.78, 5) is 4.68. The molecule has 1 aromatic carbocycles. The fourth-order valence-corrected chi connectivity index (χ4v) is 2.77. The Morgan fingerprint density at radius 1 is 1.53 bits per heavy atom. The number of aromatic nitrogens is 2. The topological polar surface area (TPSA) is 29.9 Å². The summed E-state index contributed by atoms with van der Waals surface area (Å²) in [6, 6.07) is 5.95. The Balaban J connectivity index is 1.99. The molecule has 1 aliphatic heterocycles. The van der Waals surface area contributed by atoms with Crippen molar-refractivity contribution >= 4 is 22.6 Å². The van der Waals surface area contributed by atoms with Gasteiger partial charge in [0.25, 0.3) is 0 Å². The number of rotatable bonds is 2. The summed E-state index contributed by atoms with van der Waals surface area (Å²) in [5, 5.41) is 4.14. The molecular weight excluding hydrogens is 234 g/mol. The zero-order valence-corrected chi connectivity index (χ0v) is 10.7. The summed E-state index contributed by atoms with van der Waals surface area (Å²) >= 11 is 6.17. The molecule has 1 saturated heterocycles. The van der Waals surface area contributed by atoms with Crippen LogP contribution in [0.2, 0.25) is 5.02 Å². The standard InChI is InChI=1S/C13H16ClN3/c1-17-11-4-2-3-10(14)13(11)16-12(17)7-9-5-6-15-8-9/h2-4,9,15H,5-8H2,1H3. The number of aryl methyl sites for hydroxylation is 1. The monoisotopic (exact) mass is 249 g/mol. The molecule has 4 heteroatoms. The fraction of sp³-hybridized carbons (Fsp3) is 0.462. The quantitative estimate of drug-likeness (QED) is 0.886. The lowest BCUT2D eigenvalue weighted by Crippen LogP contribution is -2.12. The third-order valence-corrected chi connectivity index (χ3v) is 3.89. The molecule has 3 nitrogen and oxygen atoms in total. The number of nitrogens with zero attached hydrogens (tertiary/aromatic N) is 2. The minimum Gasteiger partial charge on any atom is -0.331 e. The first kappa shape index (κ1) is 11.1. The molecule has 2 aromatic rings. The van der Waals surface area contributed by atoms with Gasteiger partial charge in [0.15, 0.2) is 0 Å². The second kappa shape index (κ2) is 4.31. The molecule has 0 bridgehead atoms. The van der Waals surface area contributed by atoms with Crippen molar-refractivity contribution in [1.29, 1.82) is 0 Å². The summed E-state index contributed by atoms with van der Waals surface area (Å²) in [6.45, 7) is 2.24. The number of halogens is 1. The Morgan fingerprint density at radius 2 is 2.41 bits per heavy atom. The molecule has 0 radical (unpaired) electrons. The zero-order chi connectivity index (χ0) is 11.8. The molecule has 0 saturated carbocycles. The summed E-state index contributed by atoms with van der Waals surface area (Å²) in [5.41, 5.74) is 2.05. The van der Waals surface area contributed by atoms with Crippen molar-refractivity contribution in [3.8, 4) is 0 Å². The van der Waals surface area contributed by atoms with E-state index >= 15 is 0 Å². The minimum atomic E-state index is 0.712. The van der Waals surface area contributed by atoms with Crippen molar-refractivity contribution < 1.29 is 0 Å². The van der Waals surface area contributed by atoms with Crippen LogP contribution in [0.1, 0.15) is 12.2 Å². The van der Waals surface area contributed by atoms with Gasteiger partial charge in [-0.1, -0.05) is 17.7 Å². The molecule has 1 fully saturated rings. The normalized spacial score (nSPS) is 20.2. The second-order valence-corrected chi connectivity index (χ2v) is 5.16. The van der Waals surface area contributed by atoms with Crippen LogP contribution in [0, 0.1) is 5.92 Å². The Kier molecular flexibility index (Phi) is 2.81. The number of para-hydroxylation sites is 1. The van der Waals surface area contributed by atoms with Crippen LogP contribution < -0.4 is 5.32 Å². The average molecular weight is 250 g/mol. The van der Waals surface area contributed by atoms with Gasteiger partial charge in [-0.05, 0) is 37.6 Å². The van der Waals surface area contributed by atoms with Crippen LogP contribution in [0.25, 0.3) is 11.0 Å². The molecule has 1 unspecified atom stereocenters. The van der Waals surface area contributed by atoms with E-state index in [4.69, 9.17) is 11.6 Å². The highest BCUT2D eigenvalue weighted by atomic mass is 35.5. The van der Waals surface area contributed by atoms with Crippen LogP contribution in [0.5, 0.6) is 0 Å². The highest BCUT2D eigenvalue weighted by molar-refractivity contribution is 6.34. The Bertz CT molecular complexity index is 541. The predicted octanol–water partition coefficient (Wildman–Crippen LogP) is 2.38. The van der Waals surface area contributed by atoms with Gasteiger partial charge < -0.3 is 9.88 Å². The van der Waals surface area contributed by atoms with Gasteiger partial charge in [-0.3, -0.25) is 0 Å². The van der Waals surface area contributed by atoms with Crippen LogP contribution >= 0.6 is 11.6 Å². The lowest BCUT2D eigenvalue weighted by Gasteiger charge is -2.07. The van der Waals surface area contributed by atoms with Crippen molar-refractivity contribution in [2.45, 2.75) is 12.8 Å². The molecule has 17 heavy (non-hydrogen) atoms. The van der Waals surface area contributed by atoms with E-state index in [0.717, 1.165) is 41.4 Å². The Hall–Kier alpha value is -1.06. The van der Waals surface area contributed by atoms with Crippen molar-refractivity contribution in [3.05, 3.63) is 29.0 Å². The van der Waals surface area contributed by atoms with Gasteiger partial charge in [-0.2, -0.15) is 0 Å². The maximum absolute atomic E-state index is 6.17. The van der Waals surface area contributed by atoms with E-state index in [1.807, 2.05) is 12.1 Å². The third kappa shape index (κ3) is 1.94. The highest BCUT2D eigenvalue weighted by Gasteiger charge is 2.18. The summed E-state index contributed by atoms with van der Waals surface area (Å²) < 4.78 is 2.17. The molecule has 1 aromatic heterocycles. The maximum atomic E-state index is 6.17. The van der Waals surface area contributed by atoms with Crippen LogP contribution in [0.3, 0.4) is 0 Å². The van der Waals surface area contributed by atoms with Crippen LogP contribution in [-0.2, 0) is 13.5 Å². The molecule has 1 atom stereocenters. The van der Waals surface area contributed by atoms with Gasteiger partial charge >= 0.3 is 0 Å². The van der Waals surface area contributed by atoms with Crippen LogP contribution in [-0.4, -0.2) is 22.6 Å². The molecule has 3 rings (SSSR count). The number of benzene rings is 1. The largest absolute Gasteiger partial charge is 0.331 e. The summed E-state index contributed by atoms with van der Waals surface area (Å²) in [5.74, 6) is 1.85. The molecule has 0 aliphatic carbocycles. The zero-order valence-electron chi connectivity index (χ0n) is 9.91. The SMILES string of the molecule is Cn1c(CC2CCNC2)nc2c(Cl)cccc21. The van der Waals surface area contributed by atoms with Crippen molar-refractivity contribution in [1.82, 2.24) is 14.9 Å². The maximum Gasteiger partial charge on any atom is 0.109 e. The molecule has 90 valence electrons. The molecule has 2 heterocycles.